The Morgan fingerprint density at radius 3 is 2.86 bits per heavy atom. The third kappa shape index (κ3) is 4.63. The zero-order valence-corrected chi connectivity index (χ0v) is 22.1. The molecule has 37 heavy (non-hydrogen) atoms. The number of methoxy groups -OCH3 is 1. The summed E-state index contributed by atoms with van der Waals surface area (Å²) in [6, 6.07) is 11.9. The summed E-state index contributed by atoms with van der Waals surface area (Å²) in [7, 11) is 1.41. The summed E-state index contributed by atoms with van der Waals surface area (Å²) in [5, 5.41) is 0.771. The molecular weight excluding hydrogens is 490 g/mol. The number of carbonyl (C=O) groups excluding carboxylic acids is 2. The van der Waals surface area contributed by atoms with Gasteiger partial charge in [0.25, 0.3) is 0 Å². The lowest BCUT2D eigenvalue weighted by Gasteiger charge is -2.47. The first kappa shape index (κ1) is 24.7. The summed E-state index contributed by atoms with van der Waals surface area (Å²) < 4.78 is 17.6. The van der Waals surface area contributed by atoms with Crippen molar-refractivity contribution in [3.8, 4) is 5.75 Å². The van der Waals surface area contributed by atoms with Crippen LogP contribution in [0.15, 0.2) is 36.4 Å². The fourth-order valence-corrected chi connectivity index (χ4v) is 7.13. The predicted octanol–water partition coefficient (Wildman–Crippen LogP) is 5.37. The molecule has 6 nitrogen and oxygen atoms in total. The Morgan fingerprint density at radius 1 is 1.19 bits per heavy atom. The summed E-state index contributed by atoms with van der Waals surface area (Å²) in [4.78, 5) is 27.0. The Balaban J connectivity index is 1.35. The smallest absolute Gasteiger partial charge is 0.337 e. The van der Waals surface area contributed by atoms with E-state index in [1.54, 1.807) is 6.07 Å². The molecule has 0 aromatic heterocycles. The first-order valence-corrected chi connectivity index (χ1v) is 13.9. The third-order valence-corrected chi connectivity index (χ3v) is 9.24. The molecule has 2 aliphatic carbocycles. The van der Waals surface area contributed by atoms with Crippen LogP contribution in [0.25, 0.3) is 0 Å². The summed E-state index contributed by atoms with van der Waals surface area (Å²) in [5.41, 5.74) is 3.92. The number of halogens is 1. The van der Waals surface area contributed by atoms with Crippen LogP contribution in [0.5, 0.6) is 5.75 Å². The van der Waals surface area contributed by atoms with Crippen LogP contribution < -0.4 is 9.64 Å². The molecule has 2 aromatic rings. The number of aryl methyl sites for hydroxylation is 1. The van der Waals surface area contributed by atoms with Crippen molar-refractivity contribution in [2.24, 2.45) is 11.8 Å². The number of hydrogen-bond donors (Lipinski definition) is 0. The number of hydrogen-bond acceptors (Lipinski definition) is 6. The van der Waals surface area contributed by atoms with Gasteiger partial charge in [-0.1, -0.05) is 17.7 Å². The molecule has 0 N–H and O–H groups in total. The van der Waals surface area contributed by atoms with E-state index in [-0.39, 0.29) is 17.5 Å². The van der Waals surface area contributed by atoms with E-state index in [9.17, 15) is 9.59 Å². The van der Waals surface area contributed by atoms with Gasteiger partial charge >= 0.3 is 5.97 Å². The zero-order valence-electron chi connectivity index (χ0n) is 21.3. The molecule has 2 heterocycles. The highest BCUT2D eigenvalue weighted by atomic mass is 35.5. The molecule has 2 unspecified atom stereocenters. The van der Waals surface area contributed by atoms with Crippen LogP contribution in [0, 0.1) is 11.8 Å². The van der Waals surface area contributed by atoms with Crippen LogP contribution >= 0.6 is 11.6 Å². The van der Waals surface area contributed by atoms with Crippen LogP contribution in [0.1, 0.15) is 60.0 Å². The van der Waals surface area contributed by atoms with Gasteiger partial charge in [0.2, 0.25) is 0 Å². The van der Waals surface area contributed by atoms with Crippen molar-refractivity contribution in [2.75, 3.05) is 38.3 Å². The van der Waals surface area contributed by atoms with Crippen molar-refractivity contribution < 1.29 is 23.8 Å². The lowest BCUT2D eigenvalue weighted by atomic mass is 9.67. The second-order valence-corrected chi connectivity index (χ2v) is 11.6. The summed E-state index contributed by atoms with van der Waals surface area (Å²) in [6.07, 6.45) is 6.43. The van der Waals surface area contributed by atoms with Gasteiger partial charge < -0.3 is 19.1 Å². The standard InChI is InChI=1S/C30H34ClNO5/c1-35-29(34)20-5-9-27-26(14-20)32(16-21-4-7-24(21)28-15-23(33)10-12-36-28)17-30(18-37-27)11-2-3-19-13-22(31)6-8-25(19)30/h5-6,8-9,13-14,21,24,28H,2-4,7,10-12,15-18H2,1H3/t21?,24?,28-,30-/m0/s1. The highest BCUT2D eigenvalue weighted by Gasteiger charge is 2.45. The van der Waals surface area contributed by atoms with Crippen molar-refractivity contribution in [1.82, 2.24) is 0 Å². The van der Waals surface area contributed by atoms with Gasteiger partial charge in [-0.3, -0.25) is 4.79 Å². The van der Waals surface area contributed by atoms with Gasteiger partial charge in [-0.05, 0) is 85.4 Å². The van der Waals surface area contributed by atoms with E-state index in [2.05, 4.69) is 17.0 Å². The highest BCUT2D eigenvalue weighted by molar-refractivity contribution is 6.30. The molecule has 0 bridgehead atoms. The minimum Gasteiger partial charge on any atom is -0.490 e. The molecule has 2 aromatic carbocycles. The lowest BCUT2D eigenvalue weighted by molar-refractivity contribution is -0.135. The number of ketones is 1. The molecular formula is C30H34ClNO5. The van der Waals surface area contributed by atoms with E-state index in [4.69, 9.17) is 25.8 Å². The average Bonchev–Trinajstić information content (AvgIpc) is 3.03. The first-order valence-electron chi connectivity index (χ1n) is 13.5. The van der Waals surface area contributed by atoms with E-state index in [0.29, 0.717) is 49.2 Å². The van der Waals surface area contributed by atoms with Crippen molar-refractivity contribution in [3.05, 3.63) is 58.1 Å². The quantitative estimate of drug-likeness (QED) is 0.502. The largest absolute Gasteiger partial charge is 0.490 e. The minimum absolute atomic E-state index is 0.0237. The van der Waals surface area contributed by atoms with Crippen LogP contribution in [0.4, 0.5) is 5.69 Å². The molecule has 4 atom stereocenters. The molecule has 4 aliphatic rings. The highest BCUT2D eigenvalue weighted by Crippen LogP contribution is 2.47. The molecule has 1 spiro atoms. The Labute approximate surface area is 223 Å². The summed E-state index contributed by atoms with van der Waals surface area (Å²) in [5.74, 6) is 1.57. The fourth-order valence-electron chi connectivity index (χ4n) is 6.94. The number of benzene rings is 2. The number of ether oxygens (including phenoxy) is 3. The van der Waals surface area contributed by atoms with E-state index in [1.165, 1.54) is 18.2 Å². The number of carbonyl (C=O) groups is 2. The molecule has 0 amide bonds. The van der Waals surface area contributed by atoms with Crippen LogP contribution in [0.3, 0.4) is 0 Å². The molecule has 0 radical (unpaired) electrons. The van der Waals surface area contributed by atoms with Crippen LogP contribution in [0.2, 0.25) is 5.02 Å². The number of rotatable bonds is 4. The number of nitrogens with zero attached hydrogens (tertiary/aromatic N) is 1. The summed E-state index contributed by atoms with van der Waals surface area (Å²) in [6.45, 7) is 2.76. The van der Waals surface area contributed by atoms with Crippen molar-refractivity contribution in [1.29, 1.82) is 0 Å². The maximum atomic E-state index is 12.4. The SMILES string of the molecule is COC(=O)c1ccc2c(c1)N(CC1CCC1[C@@H]1CC(=O)CCO1)C[C@@]1(CCCc3cc(Cl)ccc31)CO2. The van der Waals surface area contributed by atoms with Gasteiger partial charge in [-0.15, -0.1) is 0 Å². The van der Waals surface area contributed by atoms with Crippen LogP contribution in [-0.2, 0) is 26.1 Å². The van der Waals surface area contributed by atoms with Gasteiger partial charge in [-0.25, -0.2) is 4.79 Å². The van der Waals surface area contributed by atoms with Gasteiger partial charge in [0, 0.05) is 36.4 Å². The fraction of sp³-hybridized carbons (Fsp3) is 0.533. The number of Topliss-reactive ketones (excluding diaryl/α,β-unsaturated/α-hetero) is 1. The van der Waals surface area contributed by atoms with Crippen molar-refractivity contribution in [2.45, 2.75) is 56.5 Å². The lowest BCUT2D eigenvalue weighted by Crippen LogP contribution is -2.50. The van der Waals surface area contributed by atoms with E-state index < -0.39 is 0 Å². The van der Waals surface area contributed by atoms with Crippen LogP contribution in [-0.4, -0.2) is 51.3 Å². The predicted molar refractivity (Wildman–Crippen MR) is 142 cm³/mol. The molecule has 6 rings (SSSR count). The van der Waals surface area contributed by atoms with Crippen molar-refractivity contribution in [3.63, 3.8) is 0 Å². The maximum Gasteiger partial charge on any atom is 0.337 e. The monoisotopic (exact) mass is 523 g/mol. The zero-order chi connectivity index (χ0) is 25.6. The van der Waals surface area contributed by atoms with E-state index >= 15 is 0 Å². The van der Waals surface area contributed by atoms with Gasteiger partial charge in [0.05, 0.1) is 37.7 Å². The van der Waals surface area contributed by atoms with E-state index in [1.807, 2.05) is 18.2 Å². The first-order chi connectivity index (χ1) is 18.0. The normalized spacial score (nSPS) is 29.0. The molecule has 196 valence electrons. The molecule has 2 aliphatic heterocycles. The average molecular weight is 524 g/mol. The Kier molecular flexibility index (Phi) is 6.66. The molecule has 1 saturated carbocycles. The Bertz CT molecular complexity index is 1210. The van der Waals surface area contributed by atoms with Gasteiger partial charge in [-0.2, -0.15) is 0 Å². The minimum atomic E-state index is -0.352. The van der Waals surface area contributed by atoms with Crippen molar-refractivity contribution >= 4 is 29.0 Å². The topological polar surface area (TPSA) is 65.1 Å². The number of anilines is 1. The molecule has 1 saturated heterocycles. The Morgan fingerprint density at radius 2 is 2.08 bits per heavy atom. The van der Waals surface area contributed by atoms with E-state index in [0.717, 1.165) is 61.7 Å². The maximum absolute atomic E-state index is 12.4. The number of esters is 1. The number of fused-ring (bicyclic) bond motifs is 3. The molecule has 2 fully saturated rings. The van der Waals surface area contributed by atoms with Gasteiger partial charge in [0.1, 0.15) is 11.5 Å². The second kappa shape index (κ2) is 9.95. The molecule has 7 heteroatoms. The third-order valence-electron chi connectivity index (χ3n) is 9.01. The summed E-state index contributed by atoms with van der Waals surface area (Å²) >= 11 is 6.37. The van der Waals surface area contributed by atoms with Gasteiger partial charge in [0.15, 0.2) is 0 Å². The Hall–Kier alpha value is -2.57. The second-order valence-electron chi connectivity index (χ2n) is 11.2.